The lowest BCUT2D eigenvalue weighted by molar-refractivity contribution is -0.140. The van der Waals surface area contributed by atoms with Gasteiger partial charge in [-0.05, 0) is 56.5 Å². The molecule has 1 aliphatic carbocycles. The number of ether oxygens (including phenoxy) is 2. The van der Waals surface area contributed by atoms with Crippen molar-refractivity contribution in [1.29, 1.82) is 0 Å². The Labute approximate surface area is 220 Å². The summed E-state index contributed by atoms with van der Waals surface area (Å²) in [7, 11) is -3.42. The van der Waals surface area contributed by atoms with Crippen molar-refractivity contribution in [2.24, 2.45) is 0 Å². The lowest BCUT2D eigenvalue weighted by atomic mass is 10.2. The highest BCUT2D eigenvalue weighted by Crippen LogP contribution is 2.36. The minimum absolute atomic E-state index is 0.121. The average Bonchev–Trinajstić information content (AvgIpc) is 3.44. The minimum Gasteiger partial charge on any atom is -0.471 e. The number of aromatic nitrogens is 2. The topological polar surface area (TPSA) is 90.4 Å². The van der Waals surface area contributed by atoms with Crippen LogP contribution >= 0.6 is 0 Å². The molecule has 2 aromatic carbocycles. The average molecular weight is 550 g/mol. The van der Waals surface area contributed by atoms with Gasteiger partial charge in [-0.3, -0.25) is 0 Å². The van der Waals surface area contributed by atoms with Crippen LogP contribution < -0.4 is 10.1 Å². The fourth-order valence-corrected chi connectivity index (χ4v) is 6.02. The Bertz CT molecular complexity index is 1310. The summed E-state index contributed by atoms with van der Waals surface area (Å²) in [5.74, 6) is -0.748. The Hall–Kier alpha value is -3.18. The van der Waals surface area contributed by atoms with E-state index < -0.39 is 39.7 Å². The zero-order valence-corrected chi connectivity index (χ0v) is 21.9. The first kappa shape index (κ1) is 27.8. The molecule has 3 aromatic rings. The van der Waals surface area contributed by atoms with Crippen molar-refractivity contribution in [2.45, 2.75) is 74.7 Å². The molecule has 2 atom stereocenters. The van der Waals surface area contributed by atoms with E-state index >= 15 is 0 Å². The van der Waals surface area contributed by atoms with Crippen molar-refractivity contribution in [2.75, 3.05) is 5.32 Å². The maximum Gasteiger partial charge on any atom is 0.423 e. The van der Waals surface area contributed by atoms with E-state index in [4.69, 9.17) is 9.47 Å². The molecule has 204 valence electrons. The summed E-state index contributed by atoms with van der Waals surface area (Å²) < 4.78 is 77.9. The van der Waals surface area contributed by atoms with Crippen LogP contribution in [0.25, 0.3) is 0 Å². The van der Waals surface area contributed by atoms with Crippen LogP contribution in [0.3, 0.4) is 0 Å². The Kier molecular flexibility index (Phi) is 8.57. The first-order chi connectivity index (χ1) is 18.0. The summed E-state index contributed by atoms with van der Waals surface area (Å²) in [6.07, 6.45) is -2.24. The van der Waals surface area contributed by atoms with Crippen molar-refractivity contribution in [3.63, 3.8) is 0 Å². The van der Waals surface area contributed by atoms with E-state index in [-0.39, 0.29) is 22.7 Å². The maximum absolute atomic E-state index is 13.6. The van der Waals surface area contributed by atoms with Gasteiger partial charge in [-0.25, -0.2) is 13.4 Å². The third-order valence-corrected chi connectivity index (χ3v) is 8.83. The van der Waals surface area contributed by atoms with Crippen molar-refractivity contribution < 1.29 is 31.1 Å². The quantitative estimate of drug-likeness (QED) is 0.316. The van der Waals surface area contributed by atoms with Gasteiger partial charge in [0, 0.05) is 11.9 Å². The number of nitrogens with zero attached hydrogens (tertiary/aromatic N) is 2. The number of sulfone groups is 1. The molecule has 1 fully saturated rings. The number of rotatable bonds is 10. The Balaban J connectivity index is 1.47. The van der Waals surface area contributed by atoms with E-state index in [0.717, 1.165) is 18.4 Å². The van der Waals surface area contributed by atoms with Crippen LogP contribution in [0.2, 0.25) is 0 Å². The lowest BCUT2D eigenvalue weighted by Gasteiger charge is -2.23. The molecular formula is C27H30F3N3O4S. The second-order valence-electron chi connectivity index (χ2n) is 9.34. The van der Waals surface area contributed by atoms with Gasteiger partial charge in [-0.2, -0.15) is 18.2 Å². The summed E-state index contributed by atoms with van der Waals surface area (Å²) in [5, 5.41) is 2.45. The standard InChI is InChI=1S/C27H30F3N3O4S/c1-18(36-17-20-8-4-3-5-9-20)19(2)37-25-24(27(28,29)30)16-31-26(33-25)32-21-12-14-23(15-13-21)38(34,35)22-10-6-7-11-22/h3-5,8-9,12-16,18-19,22H,6-7,10-11,17H2,1-2H3,(H,31,32,33)/t18-,19-/m1/s1. The molecule has 0 bridgehead atoms. The normalized spacial score (nSPS) is 16.2. The molecule has 0 spiro atoms. The van der Waals surface area contributed by atoms with E-state index in [9.17, 15) is 21.6 Å². The third kappa shape index (κ3) is 6.82. The summed E-state index contributed by atoms with van der Waals surface area (Å²) in [6.45, 7) is 3.60. The third-order valence-electron chi connectivity index (χ3n) is 6.55. The summed E-state index contributed by atoms with van der Waals surface area (Å²) >= 11 is 0. The van der Waals surface area contributed by atoms with Crippen molar-refractivity contribution in [3.05, 3.63) is 71.9 Å². The number of nitrogens with one attached hydrogen (secondary N) is 1. The van der Waals surface area contributed by atoms with Crippen LogP contribution in [0.1, 0.15) is 50.7 Å². The largest absolute Gasteiger partial charge is 0.471 e. The molecule has 0 aliphatic heterocycles. The van der Waals surface area contributed by atoms with Crippen LogP contribution in [-0.2, 0) is 27.4 Å². The molecule has 1 aromatic heterocycles. The van der Waals surface area contributed by atoms with Gasteiger partial charge in [0.1, 0.15) is 11.7 Å². The molecule has 38 heavy (non-hydrogen) atoms. The molecule has 11 heteroatoms. The second-order valence-corrected chi connectivity index (χ2v) is 11.6. The molecule has 0 saturated heterocycles. The molecular weight excluding hydrogens is 519 g/mol. The van der Waals surface area contributed by atoms with E-state index in [0.29, 0.717) is 24.7 Å². The SMILES string of the molecule is C[C@@H](OCc1ccccc1)[C@@H](C)Oc1nc(Nc2ccc(S(=O)(=O)C3CCCC3)cc2)ncc1C(F)(F)F. The zero-order valence-electron chi connectivity index (χ0n) is 21.1. The van der Waals surface area contributed by atoms with Gasteiger partial charge in [0.05, 0.1) is 22.9 Å². The number of halogens is 3. The van der Waals surface area contributed by atoms with E-state index in [1.54, 1.807) is 13.8 Å². The van der Waals surface area contributed by atoms with Crippen molar-refractivity contribution in [3.8, 4) is 5.88 Å². The molecule has 0 unspecified atom stereocenters. The van der Waals surface area contributed by atoms with Gasteiger partial charge in [-0.15, -0.1) is 0 Å². The Morgan fingerprint density at radius 3 is 2.29 bits per heavy atom. The van der Waals surface area contributed by atoms with Crippen molar-refractivity contribution >= 4 is 21.5 Å². The van der Waals surface area contributed by atoms with Crippen LogP contribution in [0.4, 0.5) is 24.8 Å². The highest BCUT2D eigenvalue weighted by Gasteiger charge is 2.37. The monoisotopic (exact) mass is 549 g/mol. The predicted octanol–water partition coefficient (Wildman–Crippen LogP) is 6.33. The minimum atomic E-state index is -4.72. The molecule has 7 nitrogen and oxygen atoms in total. The molecule has 1 heterocycles. The summed E-state index contributed by atoms with van der Waals surface area (Å²) in [6, 6.07) is 15.4. The first-order valence-corrected chi connectivity index (χ1v) is 14.0. The van der Waals surface area contributed by atoms with Gasteiger partial charge in [-0.1, -0.05) is 43.2 Å². The second kappa shape index (κ2) is 11.7. The number of anilines is 2. The number of hydrogen-bond acceptors (Lipinski definition) is 7. The molecule has 0 radical (unpaired) electrons. The fourth-order valence-electron chi connectivity index (χ4n) is 4.17. The molecule has 4 rings (SSSR count). The maximum atomic E-state index is 13.6. The number of alkyl halides is 3. The number of benzene rings is 2. The van der Waals surface area contributed by atoms with Gasteiger partial charge in [0.25, 0.3) is 0 Å². The van der Waals surface area contributed by atoms with Gasteiger partial charge in [0.2, 0.25) is 11.8 Å². The molecule has 1 aliphatic rings. The smallest absolute Gasteiger partial charge is 0.423 e. The zero-order chi connectivity index (χ0) is 27.3. The van der Waals surface area contributed by atoms with Crippen LogP contribution in [0.15, 0.2) is 65.7 Å². The Morgan fingerprint density at radius 1 is 1.00 bits per heavy atom. The van der Waals surface area contributed by atoms with E-state index in [1.165, 1.54) is 24.3 Å². The molecule has 1 N–H and O–H groups in total. The highest BCUT2D eigenvalue weighted by molar-refractivity contribution is 7.92. The summed E-state index contributed by atoms with van der Waals surface area (Å²) in [4.78, 5) is 7.98. The van der Waals surface area contributed by atoms with Gasteiger partial charge < -0.3 is 14.8 Å². The van der Waals surface area contributed by atoms with Gasteiger partial charge >= 0.3 is 6.18 Å². The van der Waals surface area contributed by atoms with E-state index in [2.05, 4.69) is 15.3 Å². The number of hydrogen-bond donors (Lipinski definition) is 1. The first-order valence-electron chi connectivity index (χ1n) is 12.4. The van der Waals surface area contributed by atoms with Crippen LogP contribution in [0.5, 0.6) is 5.88 Å². The fraction of sp³-hybridized carbons (Fsp3) is 0.407. The summed E-state index contributed by atoms with van der Waals surface area (Å²) in [5.41, 5.74) is 0.245. The van der Waals surface area contributed by atoms with Crippen LogP contribution in [0, 0.1) is 0 Å². The molecule has 1 saturated carbocycles. The van der Waals surface area contributed by atoms with E-state index in [1.807, 2.05) is 30.3 Å². The molecule has 0 amide bonds. The van der Waals surface area contributed by atoms with Gasteiger partial charge in [0.15, 0.2) is 9.84 Å². The Morgan fingerprint density at radius 2 is 1.66 bits per heavy atom. The highest BCUT2D eigenvalue weighted by atomic mass is 32.2. The van der Waals surface area contributed by atoms with Crippen LogP contribution in [-0.4, -0.2) is 35.8 Å². The lowest BCUT2D eigenvalue weighted by Crippen LogP contribution is -2.30. The predicted molar refractivity (Wildman–Crippen MR) is 137 cm³/mol. The van der Waals surface area contributed by atoms with Crippen molar-refractivity contribution in [1.82, 2.24) is 9.97 Å².